The highest BCUT2D eigenvalue weighted by atomic mass is 16.5. The van der Waals surface area contributed by atoms with Crippen molar-refractivity contribution in [3.63, 3.8) is 0 Å². The van der Waals surface area contributed by atoms with Crippen molar-refractivity contribution in [2.75, 3.05) is 6.54 Å². The van der Waals surface area contributed by atoms with Crippen molar-refractivity contribution in [3.05, 3.63) is 39.7 Å². The molecule has 1 unspecified atom stereocenters. The molecule has 2 rings (SSSR count). The van der Waals surface area contributed by atoms with Gasteiger partial charge in [0.25, 0.3) is 5.91 Å². The predicted molar refractivity (Wildman–Crippen MR) is 115 cm³/mol. The minimum atomic E-state index is -0.898. The van der Waals surface area contributed by atoms with Crippen LogP contribution in [-0.2, 0) is 16.0 Å². The van der Waals surface area contributed by atoms with Gasteiger partial charge in [-0.05, 0) is 50.8 Å². The summed E-state index contributed by atoms with van der Waals surface area (Å²) in [6.45, 7) is 5.96. The molecule has 0 bridgehead atoms. The van der Waals surface area contributed by atoms with E-state index < -0.39 is 12.1 Å². The zero-order valence-electron chi connectivity index (χ0n) is 18.0. The van der Waals surface area contributed by atoms with Crippen molar-refractivity contribution in [2.45, 2.75) is 71.8 Å². The van der Waals surface area contributed by atoms with Crippen molar-refractivity contribution in [3.8, 4) is 5.75 Å². The molecule has 0 spiro atoms. The summed E-state index contributed by atoms with van der Waals surface area (Å²) in [5, 5.41) is 12.1. The van der Waals surface area contributed by atoms with E-state index in [0.29, 0.717) is 24.2 Å². The third kappa shape index (κ3) is 6.61. The van der Waals surface area contributed by atoms with Crippen LogP contribution >= 0.6 is 0 Å². The Morgan fingerprint density at radius 3 is 2.67 bits per heavy atom. The summed E-state index contributed by atoms with van der Waals surface area (Å²) >= 11 is 0. The van der Waals surface area contributed by atoms with E-state index in [4.69, 9.17) is 14.3 Å². The normalized spacial score (nSPS) is 12.0. The van der Waals surface area contributed by atoms with E-state index in [1.54, 1.807) is 19.1 Å². The Bertz CT molecular complexity index is 933. The smallest absolute Gasteiger partial charge is 0.339 e. The second kappa shape index (κ2) is 11.4. The quantitative estimate of drug-likeness (QED) is 0.400. The van der Waals surface area contributed by atoms with Crippen LogP contribution in [0.1, 0.15) is 63.5 Å². The summed E-state index contributed by atoms with van der Waals surface area (Å²) in [5.41, 5.74) is 1.76. The van der Waals surface area contributed by atoms with E-state index in [-0.39, 0.29) is 24.5 Å². The Hall–Kier alpha value is -2.83. The number of ether oxygens (including phenoxy) is 1. The number of rotatable bonds is 12. The zero-order chi connectivity index (χ0) is 22.1. The lowest BCUT2D eigenvalue weighted by molar-refractivity contribution is -0.137. The highest BCUT2D eigenvalue weighted by Crippen LogP contribution is 2.25. The number of carboxylic acid groups (broad SMARTS) is 1. The van der Waals surface area contributed by atoms with Crippen LogP contribution in [0, 0.1) is 6.92 Å². The first-order valence-corrected chi connectivity index (χ1v) is 10.6. The van der Waals surface area contributed by atoms with E-state index >= 15 is 0 Å². The summed E-state index contributed by atoms with van der Waals surface area (Å²) in [4.78, 5) is 35.0. The first-order valence-electron chi connectivity index (χ1n) is 10.6. The van der Waals surface area contributed by atoms with Crippen molar-refractivity contribution in [1.29, 1.82) is 0 Å². The maximum Gasteiger partial charge on any atom is 0.339 e. The summed E-state index contributed by atoms with van der Waals surface area (Å²) < 4.78 is 11.2. The van der Waals surface area contributed by atoms with Crippen LogP contribution in [0.5, 0.6) is 5.75 Å². The first kappa shape index (κ1) is 23.4. The predicted octanol–water partition coefficient (Wildman–Crippen LogP) is 3.97. The summed E-state index contributed by atoms with van der Waals surface area (Å²) in [5.74, 6) is -0.805. The van der Waals surface area contributed by atoms with Crippen molar-refractivity contribution < 1.29 is 23.8 Å². The van der Waals surface area contributed by atoms with E-state index in [1.165, 1.54) is 0 Å². The summed E-state index contributed by atoms with van der Waals surface area (Å²) in [6, 6.07) is 5.22. The monoisotopic (exact) mass is 417 g/mol. The van der Waals surface area contributed by atoms with Gasteiger partial charge in [0.1, 0.15) is 11.3 Å². The number of aryl methyl sites for hydroxylation is 1. The molecule has 1 atom stereocenters. The Morgan fingerprint density at radius 1 is 1.20 bits per heavy atom. The van der Waals surface area contributed by atoms with E-state index in [0.717, 1.165) is 42.2 Å². The molecule has 2 N–H and O–H groups in total. The zero-order valence-corrected chi connectivity index (χ0v) is 18.0. The fourth-order valence-electron chi connectivity index (χ4n) is 3.32. The molecule has 0 aliphatic carbocycles. The molecule has 1 aromatic carbocycles. The number of carboxylic acids is 1. The van der Waals surface area contributed by atoms with Gasteiger partial charge in [-0.25, -0.2) is 4.79 Å². The average molecular weight is 418 g/mol. The number of nitrogens with one attached hydrogen (secondary N) is 1. The van der Waals surface area contributed by atoms with E-state index in [2.05, 4.69) is 12.2 Å². The van der Waals surface area contributed by atoms with Crippen molar-refractivity contribution in [2.24, 2.45) is 0 Å². The molecule has 7 heteroatoms. The lowest BCUT2D eigenvalue weighted by Gasteiger charge is -2.15. The number of carbonyl (C=O) groups is 2. The number of unbranched alkanes of at least 4 members (excludes halogenated alkanes) is 3. The molecule has 0 aliphatic rings. The number of benzene rings is 1. The average Bonchev–Trinajstić information content (AvgIpc) is 2.70. The number of hydrogen-bond acceptors (Lipinski definition) is 5. The number of amides is 1. The van der Waals surface area contributed by atoms with Gasteiger partial charge < -0.3 is 19.6 Å². The second-order valence-corrected chi connectivity index (χ2v) is 7.51. The standard InChI is InChI=1S/C23H31NO6/c1-4-5-6-7-9-19-15(2)18-12-11-17(14-20(18)30-23(19)28)29-16(3)22(27)24-13-8-10-21(25)26/h11-12,14,16H,4-10,13H2,1-3H3,(H,24,27)(H,25,26). The van der Waals surface area contributed by atoms with Gasteiger partial charge in [-0.3, -0.25) is 9.59 Å². The minimum Gasteiger partial charge on any atom is -0.481 e. The number of hydrogen-bond donors (Lipinski definition) is 2. The van der Waals surface area contributed by atoms with Gasteiger partial charge in [0, 0.05) is 30.0 Å². The molecule has 0 aliphatic heterocycles. The maximum absolute atomic E-state index is 12.4. The van der Waals surface area contributed by atoms with Crippen LogP contribution in [0.3, 0.4) is 0 Å². The maximum atomic E-state index is 12.4. The molecular formula is C23H31NO6. The molecule has 1 aromatic heterocycles. The molecular weight excluding hydrogens is 386 g/mol. The molecule has 0 saturated heterocycles. The molecule has 30 heavy (non-hydrogen) atoms. The fraction of sp³-hybridized carbons (Fsp3) is 0.522. The number of carbonyl (C=O) groups excluding carboxylic acids is 1. The Kier molecular flexibility index (Phi) is 8.89. The molecule has 7 nitrogen and oxygen atoms in total. The highest BCUT2D eigenvalue weighted by molar-refractivity contribution is 5.83. The third-order valence-corrected chi connectivity index (χ3v) is 5.09. The van der Waals surface area contributed by atoms with Gasteiger partial charge >= 0.3 is 11.6 Å². The first-order chi connectivity index (χ1) is 14.3. The molecule has 1 amide bonds. The lowest BCUT2D eigenvalue weighted by Crippen LogP contribution is -2.36. The molecule has 164 valence electrons. The van der Waals surface area contributed by atoms with Crippen LogP contribution in [0.4, 0.5) is 0 Å². The van der Waals surface area contributed by atoms with Crippen molar-refractivity contribution >= 4 is 22.8 Å². The van der Waals surface area contributed by atoms with Crippen LogP contribution in [0.15, 0.2) is 27.4 Å². The number of aliphatic carboxylic acids is 1. The molecule has 0 fully saturated rings. The van der Waals surface area contributed by atoms with Crippen LogP contribution in [-0.4, -0.2) is 29.6 Å². The topological polar surface area (TPSA) is 106 Å². The van der Waals surface area contributed by atoms with Gasteiger partial charge in [0.2, 0.25) is 0 Å². The second-order valence-electron chi connectivity index (χ2n) is 7.51. The summed E-state index contributed by atoms with van der Waals surface area (Å²) in [7, 11) is 0. The van der Waals surface area contributed by atoms with Gasteiger partial charge in [-0.15, -0.1) is 0 Å². The highest BCUT2D eigenvalue weighted by Gasteiger charge is 2.16. The Balaban J connectivity index is 2.05. The van der Waals surface area contributed by atoms with Gasteiger partial charge in [-0.1, -0.05) is 26.2 Å². The molecule has 0 radical (unpaired) electrons. The van der Waals surface area contributed by atoms with Gasteiger partial charge in [-0.2, -0.15) is 0 Å². The fourth-order valence-corrected chi connectivity index (χ4v) is 3.32. The molecule has 1 heterocycles. The SMILES string of the molecule is CCCCCCc1c(C)c2ccc(OC(C)C(=O)NCCCC(=O)O)cc2oc1=O. The van der Waals surface area contributed by atoms with Crippen LogP contribution in [0.2, 0.25) is 0 Å². The largest absolute Gasteiger partial charge is 0.481 e. The Labute approximate surface area is 176 Å². The van der Waals surface area contributed by atoms with Crippen LogP contribution in [0.25, 0.3) is 11.0 Å². The minimum absolute atomic E-state index is 0.000825. The molecule has 2 aromatic rings. The Morgan fingerprint density at radius 2 is 1.97 bits per heavy atom. The van der Waals surface area contributed by atoms with E-state index in [1.807, 2.05) is 13.0 Å². The lowest BCUT2D eigenvalue weighted by atomic mass is 10.0. The van der Waals surface area contributed by atoms with Crippen LogP contribution < -0.4 is 15.7 Å². The molecule has 0 saturated carbocycles. The van der Waals surface area contributed by atoms with Gasteiger partial charge in [0.05, 0.1) is 0 Å². The number of fused-ring (bicyclic) bond motifs is 1. The summed E-state index contributed by atoms with van der Waals surface area (Å²) in [6.07, 6.45) is 4.66. The van der Waals surface area contributed by atoms with E-state index in [9.17, 15) is 14.4 Å². The third-order valence-electron chi connectivity index (χ3n) is 5.09. The van der Waals surface area contributed by atoms with Crippen molar-refractivity contribution in [1.82, 2.24) is 5.32 Å². The van der Waals surface area contributed by atoms with Gasteiger partial charge in [0.15, 0.2) is 6.10 Å².